The molecule has 0 saturated carbocycles. The molecule has 0 fully saturated rings. The molecule has 0 amide bonds. The van der Waals surface area contributed by atoms with Crippen LogP contribution in [0.5, 0.6) is 0 Å². The van der Waals surface area contributed by atoms with Crippen LogP contribution >= 0.6 is 0 Å². The molecule has 0 unspecified atom stereocenters. The van der Waals surface area contributed by atoms with Gasteiger partial charge in [0.05, 0.1) is 16.6 Å². The van der Waals surface area contributed by atoms with E-state index in [0.717, 1.165) is 44.0 Å². The molecule has 6 heteroatoms. The Bertz CT molecular complexity index is 2350. The Morgan fingerprint density at radius 1 is 0.545 bits per heavy atom. The van der Waals surface area contributed by atoms with E-state index in [4.69, 9.17) is 19.9 Å². The molecule has 5 aromatic carbocycles. The summed E-state index contributed by atoms with van der Waals surface area (Å²) in [5.74, 6) is 1.79. The van der Waals surface area contributed by atoms with Crippen LogP contribution in [0.25, 0.3) is 72.7 Å². The lowest BCUT2D eigenvalue weighted by atomic mass is 9.81. The third-order valence-electron chi connectivity index (χ3n) is 8.93. The Morgan fingerprint density at radius 3 is 1.89 bits per heavy atom. The molecule has 1 aliphatic carbocycles. The van der Waals surface area contributed by atoms with Crippen LogP contribution in [-0.4, -0.2) is 29.5 Å². The average molecular weight is 567 g/mol. The smallest absolute Gasteiger partial charge is 0.238 e. The highest BCUT2D eigenvalue weighted by atomic mass is 15.2. The van der Waals surface area contributed by atoms with Gasteiger partial charge < -0.3 is 0 Å². The van der Waals surface area contributed by atoms with E-state index in [9.17, 15) is 0 Å². The van der Waals surface area contributed by atoms with E-state index >= 15 is 0 Å². The molecule has 0 spiro atoms. The number of benzene rings is 5. The average Bonchev–Trinajstić information content (AvgIpc) is 3.54. The van der Waals surface area contributed by atoms with Crippen LogP contribution in [0, 0.1) is 0 Å². The lowest BCUT2D eigenvalue weighted by Crippen LogP contribution is -2.17. The van der Waals surface area contributed by atoms with Crippen molar-refractivity contribution in [1.82, 2.24) is 29.5 Å². The van der Waals surface area contributed by atoms with E-state index < -0.39 is 0 Å². The van der Waals surface area contributed by atoms with Crippen molar-refractivity contribution in [2.45, 2.75) is 19.3 Å². The van der Waals surface area contributed by atoms with Crippen molar-refractivity contribution in [2.24, 2.45) is 0 Å². The molecular formula is C38H26N6. The maximum absolute atomic E-state index is 5.19. The summed E-state index contributed by atoms with van der Waals surface area (Å²) >= 11 is 0. The minimum absolute atomic E-state index is 0.253. The topological polar surface area (TPSA) is 69.4 Å². The van der Waals surface area contributed by atoms with Crippen molar-refractivity contribution in [3.8, 4) is 39.9 Å². The Balaban J connectivity index is 1.48. The molecule has 6 nitrogen and oxygen atoms in total. The van der Waals surface area contributed by atoms with Crippen molar-refractivity contribution < 1.29 is 0 Å². The normalized spacial score (nSPS) is 13.4. The number of aromatic nitrogens is 6. The highest BCUT2D eigenvalue weighted by Crippen LogP contribution is 2.53. The summed E-state index contributed by atoms with van der Waals surface area (Å²) in [6.07, 6.45) is 3.49. The van der Waals surface area contributed by atoms with Gasteiger partial charge in [-0.1, -0.05) is 111 Å². The van der Waals surface area contributed by atoms with E-state index in [-0.39, 0.29) is 5.41 Å². The predicted octanol–water partition coefficient (Wildman–Crippen LogP) is 8.55. The molecule has 0 saturated heterocycles. The van der Waals surface area contributed by atoms with Gasteiger partial charge in [-0.15, -0.1) is 0 Å². The van der Waals surface area contributed by atoms with Crippen LogP contribution in [0.1, 0.15) is 25.0 Å². The van der Waals surface area contributed by atoms with Gasteiger partial charge in [-0.05, 0) is 34.4 Å². The van der Waals surface area contributed by atoms with E-state index in [2.05, 4.69) is 71.9 Å². The molecule has 1 aliphatic rings. The molecular weight excluding hydrogens is 540 g/mol. The molecule has 8 aromatic rings. The van der Waals surface area contributed by atoms with E-state index in [0.29, 0.717) is 17.6 Å². The van der Waals surface area contributed by atoms with Crippen molar-refractivity contribution in [1.29, 1.82) is 0 Å². The summed E-state index contributed by atoms with van der Waals surface area (Å²) in [6, 6.07) is 37.7. The highest BCUT2D eigenvalue weighted by molar-refractivity contribution is 6.19. The molecule has 0 aliphatic heterocycles. The third kappa shape index (κ3) is 3.45. The Kier molecular flexibility index (Phi) is 5.14. The zero-order chi connectivity index (χ0) is 29.4. The van der Waals surface area contributed by atoms with Gasteiger partial charge >= 0.3 is 0 Å². The molecule has 0 bridgehead atoms. The molecule has 0 N–H and O–H groups in total. The maximum Gasteiger partial charge on any atom is 0.238 e. The van der Waals surface area contributed by atoms with E-state index in [1.165, 1.54) is 22.3 Å². The number of hydrogen-bond donors (Lipinski definition) is 0. The van der Waals surface area contributed by atoms with Gasteiger partial charge in [-0.3, -0.25) is 14.5 Å². The lowest BCUT2D eigenvalue weighted by molar-refractivity contribution is 0.663. The van der Waals surface area contributed by atoms with Gasteiger partial charge in [0.1, 0.15) is 5.52 Å². The molecule has 3 aromatic heterocycles. The third-order valence-corrected chi connectivity index (χ3v) is 8.93. The molecule has 44 heavy (non-hydrogen) atoms. The second-order valence-electron chi connectivity index (χ2n) is 11.8. The summed E-state index contributed by atoms with van der Waals surface area (Å²) in [6.45, 7) is 4.63. The van der Waals surface area contributed by atoms with Gasteiger partial charge in [0, 0.05) is 39.7 Å². The Morgan fingerprint density at radius 2 is 1.16 bits per heavy atom. The summed E-state index contributed by atoms with van der Waals surface area (Å²) in [4.78, 5) is 24.9. The number of fused-ring (bicyclic) bond motifs is 9. The fourth-order valence-electron chi connectivity index (χ4n) is 6.97. The van der Waals surface area contributed by atoms with Crippen molar-refractivity contribution in [3.05, 3.63) is 133 Å². The summed E-state index contributed by atoms with van der Waals surface area (Å²) < 4.78 is 2.22. The van der Waals surface area contributed by atoms with Gasteiger partial charge in [-0.2, -0.15) is 9.97 Å². The minimum Gasteiger partial charge on any atom is -0.275 e. The lowest BCUT2D eigenvalue weighted by Gasteiger charge is -2.23. The Labute approximate surface area is 253 Å². The van der Waals surface area contributed by atoms with Crippen molar-refractivity contribution in [3.63, 3.8) is 0 Å². The summed E-state index contributed by atoms with van der Waals surface area (Å²) in [7, 11) is 0. The van der Waals surface area contributed by atoms with E-state index in [1.54, 1.807) is 12.4 Å². The van der Waals surface area contributed by atoms with Crippen molar-refractivity contribution >= 4 is 32.8 Å². The maximum atomic E-state index is 5.19. The molecule has 9 rings (SSSR count). The van der Waals surface area contributed by atoms with Crippen LogP contribution in [0.3, 0.4) is 0 Å². The van der Waals surface area contributed by atoms with E-state index in [1.807, 2.05) is 60.7 Å². The molecule has 0 atom stereocenters. The fourth-order valence-corrected chi connectivity index (χ4v) is 6.97. The zero-order valence-electron chi connectivity index (χ0n) is 24.2. The standard InChI is InChI=1S/C38H26N6/c1-38(2)29-16-10-9-15-25(29)26-17-18-27-28-19-20-30-32(40-22-21-39-30)34(28)44(33(27)31(26)38)37-42-35(23-11-5-3-6-12-23)41-36(43-37)24-13-7-4-8-14-24/h3-22H,1-2H3. The van der Waals surface area contributed by atoms with Crippen LogP contribution in [0.2, 0.25) is 0 Å². The second kappa shape index (κ2) is 9.12. The predicted molar refractivity (Wildman–Crippen MR) is 176 cm³/mol. The first-order valence-electron chi connectivity index (χ1n) is 14.8. The summed E-state index contributed by atoms with van der Waals surface area (Å²) in [5, 5.41) is 2.22. The fraction of sp³-hybridized carbons (Fsp3) is 0.0789. The van der Waals surface area contributed by atoms with Crippen LogP contribution in [0.4, 0.5) is 0 Å². The van der Waals surface area contributed by atoms with Gasteiger partial charge in [0.25, 0.3) is 0 Å². The SMILES string of the molecule is CC1(C)c2ccccc2-c2ccc3c4ccc5nccnc5c4n(-c4nc(-c5ccccc5)nc(-c5ccccc5)n4)c3c21. The largest absolute Gasteiger partial charge is 0.275 e. The Hall–Kier alpha value is -5.75. The number of nitrogens with zero attached hydrogens (tertiary/aromatic N) is 6. The van der Waals surface area contributed by atoms with Crippen LogP contribution < -0.4 is 0 Å². The first-order chi connectivity index (χ1) is 21.6. The number of hydrogen-bond acceptors (Lipinski definition) is 5. The van der Waals surface area contributed by atoms with Gasteiger partial charge in [0.15, 0.2) is 11.6 Å². The van der Waals surface area contributed by atoms with Crippen LogP contribution in [0.15, 0.2) is 122 Å². The van der Waals surface area contributed by atoms with Gasteiger partial charge in [0.2, 0.25) is 5.95 Å². The first kappa shape index (κ1) is 24.8. The van der Waals surface area contributed by atoms with Crippen molar-refractivity contribution in [2.75, 3.05) is 0 Å². The summed E-state index contributed by atoms with van der Waals surface area (Å²) in [5.41, 5.74) is 10.3. The first-order valence-corrected chi connectivity index (χ1v) is 14.8. The molecule has 208 valence electrons. The number of rotatable bonds is 3. The highest BCUT2D eigenvalue weighted by Gasteiger charge is 2.39. The minimum atomic E-state index is -0.253. The molecule has 3 heterocycles. The van der Waals surface area contributed by atoms with Crippen LogP contribution in [-0.2, 0) is 5.41 Å². The molecule has 0 radical (unpaired) electrons. The monoisotopic (exact) mass is 566 g/mol. The quantitative estimate of drug-likeness (QED) is 0.214. The van der Waals surface area contributed by atoms with Gasteiger partial charge in [-0.25, -0.2) is 4.98 Å². The second-order valence-corrected chi connectivity index (χ2v) is 11.8. The zero-order valence-corrected chi connectivity index (χ0v) is 24.2.